The number of para-hydroxylation sites is 1. The van der Waals surface area contributed by atoms with Crippen LogP contribution in [0.4, 0.5) is 51.2 Å². The molecule has 9 aromatic carbocycles. The number of hydrogen-bond acceptors (Lipinski definition) is 4. The molecule has 2 aliphatic heterocycles. The first-order chi connectivity index (χ1) is 39.2. The SMILES string of the molecule is C/C=C\C=C/c1coc2cccc(-c3cccc(N4c5cc(N(c6ccc(C(C)(C)C)cc6)c6ccccc6-c6ccccc6)ccc5B5c6cc(C(C)(C)C)ccc6N(c6ccc(C(C)(C)C)cc6)c6cc(C(C)(C)C)cc4c65)c3)c12. The summed E-state index contributed by atoms with van der Waals surface area (Å²) in [6.45, 7) is 29.8. The molecule has 0 aliphatic carbocycles. The predicted molar refractivity (Wildman–Crippen MR) is 354 cm³/mol. The van der Waals surface area contributed by atoms with Crippen LogP contribution in [0.5, 0.6) is 0 Å². The summed E-state index contributed by atoms with van der Waals surface area (Å²) in [7, 11) is 0. The van der Waals surface area contributed by atoms with Crippen molar-refractivity contribution in [2.75, 3.05) is 14.7 Å². The highest BCUT2D eigenvalue weighted by molar-refractivity contribution is 7.00. The Morgan fingerprint density at radius 1 is 0.427 bits per heavy atom. The van der Waals surface area contributed by atoms with E-state index in [4.69, 9.17) is 4.42 Å². The number of rotatable bonds is 9. The Labute approximate surface area is 488 Å². The molecular formula is C77H76BN3O. The van der Waals surface area contributed by atoms with E-state index in [-0.39, 0.29) is 28.4 Å². The third-order valence-electron chi connectivity index (χ3n) is 16.9. The van der Waals surface area contributed by atoms with Crippen LogP contribution >= 0.6 is 0 Å². The maximum atomic E-state index is 6.27. The van der Waals surface area contributed by atoms with Gasteiger partial charge in [0.2, 0.25) is 0 Å². The minimum Gasteiger partial charge on any atom is -0.464 e. The van der Waals surface area contributed by atoms with Gasteiger partial charge < -0.3 is 19.1 Å². The second kappa shape index (κ2) is 20.5. The van der Waals surface area contributed by atoms with Crippen LogP contribution in [0, 0.1) is 0 Å². The molecule has 0 spiro atoms. The monoisotopic (exact) mass is 1070 g/mol. The van der Waals surface area contributed by atoms with Crippen molar-refractivity contribution in [2.24, 2.45) is 0 Å². The van der Waals surface area contributed by atoms with E-state index < -0.39 is 0 Å². The van der Waals surface area contributed by atoms with Gasteiger partial charge in [0, 0.05) is 62.0 Å². The number of benzene rings is 9. The number of furan rings is 1. The van der Waals surface area contributed by atoms with Crippen LogP contribution in [0.1, 0.15) is 118 Å². The minimum atomic E-state index is -0.195. The average molecular weight is 1070 g/mol. The third kappa shape index (κ3) is 9.78. The van der Waals surface area contributed by atoms with E-state index in [1.807, 2.05) is 13.2 Å². The quantitative estimate of drug-likeness (QED) is 0.106. The van der Waals surface area contributed by atoms with Crippen molar-refractivity contribution >= 4 is 91.3 Å². The summed E-state index contributed by atoms with van der Waals surface area (Å²) in [5.74, 6) is 0. The summed E-state index contributed by atoms with van der Waals surface area (Å²) in [4.78, 5) is 7.64. The number of nitrogens with zero attached hydrogens (tertiary/aromatic N) is 3. The van der Waals surface area contributed by atoms with Gasteiger partial charge in [-0.2, -0.15) is 0 Å². The van der Waals surface area contributed by atoms with Crippen LogP contribution in [0.15, 0.2) is 223 Å². The van der Waals surface area contributed by atoms with Gasteiger partial charge in [-0.15, -0.1) is 0 Å². The van der Waals surface area contributed by atoms with Crippen LogP contribution in [0.3, 0.4) is 0 Å². The van der Waals surface area contributed by atoms with Crippen LogP contribution in [0.25, 0.3) is 39.3 Å². The molecule has 2 aliphatic rings. The van der Waals surface area contributed by atoms with E-state index in [0.717, 1.165) is 67.3 Å². The van der Waals surface area contributed by atoms with Gasteiger partial charge in [0.1, 0.15) is 5.58 Å². The predicted octanol–water partition coefficient (Wildman–Crippen LogP) is 20.1. The Morgan fingerprint density at radius 2 is 1.01 bits per heavy atom. The molecule has 5 heteroatoms. The highest BCUT2D eigenvalue weighted by Gasteiger charge is 2.45. The zero-order chi connectivity index (χ0) is 57.5. The molecule has 0 fully saturated rings. The number of anilines is 9. The molecule has 0 saturated carbocycles. The van der Waals surface area contributed by atoms with Crippen molar-refractivity contribution in [1.29, 1.82) is 0 Å². The molecule has 408 valence electrons. The largest absolute Gasteiger partial charge is 0.464 e. The van der Waals surface area contributed by atoms with Gasteiger partial charge in [0.15, 0.2) is 0 Å². The van der Waals surface area contributed by atoms with E-state index in [2.05, 4.69) is 316 Å². The zero-order valence-corrected chi connectivity index (χ0v) is 50.2. The van der Waals surface area contributed by atoms with Gasteiger partial charge in [-0.05, 0) is 163 Å². The summed E-state index contributed by atoms with van der Waals surface area (Å²) < 4.78 is 6.27. The average Bonchev–Trinajstić information content (AvgIpc) is 0.907. The van der Waals surface area contributed by atoms with Gasteiger partial charge in [-0.1, -0.05) is 223 Å². The Hall–Kier alpha value is -8.54. The van der Waals surface area contributed by atoms with Crippen molar-refractivity contribution in [2.45, 2.75) is 112 Å². The zero-order valence-electron chi connectivity index (χ0n) is 50.2. The molecule has 0 amide bonds. The van der Waals surface area contributed by atoms with Gasteiger partial charge in [-0.25, -0.2) is 0 Å². The lowest BCUT2D eigenvalue weighted by Crippen LogP contribution is -2.61. The van der Waals surface area contributed by atoms with Gasteiger partial charge in [0.05, 0.1) is 12.0 Å². The first kappa shape index (κ1) is 54.1. The second-order valence-corrected chi connectivity index (χ2v) is 26.7. The molecule has 0 unspecified atom stereocenters. The highest BCUT2D eigenvalue weighted by Crippen LogP contribution is 2.50. The topological polar surface area (TPSA) is 22.9 Å². The minimum absolute atomic E-state index is 0.00722. The van der Waals surface area contributed by atoms with Crippen molar-refractivity contribution in [3.63, 3.8) is 0 Å². The molecule has 0 radical (unpaired) electrons. The van der Waals surface area contributed by atoms with Crippen LogP contribution < -0.4 is 31.1 Å². The van der Waals surface area contributed by atoms with Gasteiger partial charge >= 0.3 is 0 Å². The fourth-order valence-electron chi connectivity index (χ4n) is 12.3. The van der Waals surface area contributed by atoms with Crippen molar-refractivity contribution in [1.82, 2.24) is 0 Å². The molecular weight excluding hydrogens is 994 g/mol. The lowest BCUT2D eigenvalue weighted by atomic mass is 9.33. The standard InChI is InChI=1S/C77H76BN3O/c1-14-15-17-26-53-50-82-71-32-23-30-63(72(53)71)52-27-22-28-60(45-52)81-68-49-61(79(58-38-33-54(34-39-58)74(2,3)4)66-31-21-20-29-62(66)51-24-18-16-19-25-51)42-43-64(68)78-65-46-56(76(8,9)10)37-44-67(65)80(59-40-35-55(36-41-59)75(5,6)7)69-47-57(77(11,12)13)48-70(81)73(69)78/h14-50H,1-13H3/b15-14-,26-17-. The first-order valence-electron chi connectivity index (χ1n) is 29.3. The van der Waals surface area contributed by atoms with E-state index in [9.17, 15) is 0 Å². The third-order valence-corrected chi connectivity index (χ3v) is 16.9. The molecule has 82 heavy (non-hydrogen) atoms. The summed E-state index contributed by atoms with van der Waals surface area (Å²) >= 11 is 0. The molecule has 3 heterocycles. The molecule has 12 rings (SSSR count). The number of allylic oxidation sites excluding steroid dienone is 3. The molecule has 10 aromatic rings. The molecule has 4 nitrogen and oxygen atoms in total. The lowest BCUT2D eigenvalue weighted by molar-refractivity contribution is 0.589. The van der Waals surface area contributed by atoms with Crippen LogP contribution in [0.2, 0.25) is 0 Å². The van der Waals surface area contributed by atoms with Gasteiger partial charge in [0.25, 0.3) is 6.71 Å². The summed E-state index contributed by atoms with van der Waals surface area (Å²) in [5.41, 5.74) is 25.5. The Bertz CT molecular complexity index is 4100. The van der Waals surface area contributed by atoms with Crippen LogP contribution in [-0.4, -0.2) is 6.71 Å². The summed E-state index contributed by atoms with van der Waals surface area (Å²) in [6, 6.07) is 73.6. The van der Waals surface area contributed by atoms with Gasteiger partial charge in [-0.3, -0.25) is 0 Å². The summed E-state index contributed by atoms with van der Waals surface area (Å²) in [5, 5.41) is 1.10. The fourth-order valence-corrected chi connectivity index (χ4v) is 12.3. The normalized spacial score (nSPS) is 13.5. The highest BCUT2D eigenvalue weighted by atomic mass is 16.3. The first-order valence-corrected chi connectivity index (χ1v) is 29.3. The molecule has 1 aromatic heterocycles. The number of hydrogen-bond donors (Lipinski definition) is 0. The van der Waals surface area contributed by atoms with E-state index >= 15 is 0 Å². The van der Waals surface area contributed by atoms with E-state index in [1.165, 1.54) is 61.3 Å². The smallest absolute Gasteiger partial charge is 0.252 e. The Kier molecular flexibility index (Phi) is 13.5. The molecule has 0 N–H and O–H groups in total. The second-order valence-electron chi connectivity index (χ2n) is 26.7. The van der Waals surface area contributed by atoms with Crippen molar-refractivity contribution in [3.05, 3.63) is 246 Å². The molecule has 0 atom stereocenters. The van der Waals surface area contributed by atoms with E-state index in [1.54, 1.807) is 0 Å². The van der Waals surface area contributed by atoms with E-state index in [0.29, 0.717) is 0 Å². The van der Waals surface area contributed by atoms with Crippen LogP contribution in [-0.2, 0) is 21.7 Å². The lowest BCUT2D eigenvalue weighted by Gasteiger charge is -2.45. The number of fused-ring (bicyclic) bond motifs is 5. The Morgan fingerprint density at radius 3 is 1.68 bits per heavy atom. The summed E-state index contributed by atoms with van der Waals surface area (Å²) in [6.07, 6.45) is 10.2. The van der Waals surface area contributed by atoms with Crippen molar-refractivity contribution in [3.8, 4) is 22.3 Å². The maximum absolute atomic E-state index is 6.27. The fraction of sp³-hybridized carbons (Fsp3) is 0.221. The Balaban J connectivity index is 1.17. The maximum Gasteiger partial charge on any atom is 0.252 e. The molecule has 0 saturated heterocycles. The van der Waals surface area contributed by atoms with Crippen molar-refractivity contribution < 1.29 is 4.42 Å². The molecule has 0 bridgehead atoms.